The zero-order valence-corrected chi connectivity index (χ0v) is 24.2. The van der Waals surface area contributed by atoms with Crippen molar-refractivity contribution in [2.75, 3.05) is 37.3 Å². The summed E-state index contributed by atoms with van der Waals surface area (Å²) in [6.45, 7) is 13.2. The number of phosphoric ester groups is 1. The summed E-state index contributed by atoms with van der Waals surface area (Å²) in [6.07, 6.45) is -1.29. The lowest BCUT2D eigenvalue weighted by atomic mass is 10.1. The lowest BCUT2D eigenvalue weighted by Crippen LogP contribution is -2.32. The smallest absolute Gasteiger partial charge is 0.382 e. The van der Waals surface area contributed by atoms with E-state index in [9.17, 15) is 4.57 Å². The third kappa shape index (κ3) is 7.14. The van der Waals surface area contributed by atoms with Crippen LogP contribution >= 0.6 is 7.82 Å². The van der Waals surface area contributed by atoms with Crippen molar-refractivity contribution < 1.29 is 33.1 Å². The first-order chi connectivity index (χ1) is 18.9. The van der Waals surface area contributed by atoms with Crippen molar-refractivity contribution >= 4 is 36.4 Å². The normalized spacial score (nSPS) is 23.7. The number of imidazole rings is 1. The number of nitrogens with two attached hydrogens (primary N) is 1. The Kier molecular flexibility index (Phi) is 9.43. The highest BCUT2D eigenvalue weighted by Crippen LogP contribution is 2.45. The Hall–Kier alpha value is -2.68. The average Bonchev–Trinajstić information content (AvgIpc) is 3.55. The molecule has 4 atom stereocenters. The van der Waals surface area contributed by atoms with Crippen LogP contribution in [0, 0.1) is 0 Å². The molecule has 220 valence electrons. The third-order valence-electron chi connectivity index (χ3n) is 6.63. The number of rotatable bonds is 9. The Labute approximate surface area is 233 Å². The first-order valence-corrected chi connectivity index (χ1v) is 14.7. The molecule has 2 fully saturated rings. The summed E-state index contributed by atoms with van der Waals surface area (Å²) in [4.78, 5) is 33.7. The second kappa shape index (κ2) is 12.5. The molecule has 40 heavy (non-hydrogen) atoms. The molecule has 15 heteroatoms. The van der Waals surface area contributed by atoms with Gasteiger partial charge < -0.3 is 39.9 Å². The van der Waals surface area contributed by atoms with E-state index in [0.717, 1.165) is 5.69 Å². The minimum absolute atomic E-state index is 0.178. The molecule has 14 nitrogen and oxygen atoms in total. The zero-order chi connectivity index (χ0) is 29.1. The highest BCUT2D eigenvalue weighted by atomic mass is 31.2. The van der Waals surface area contributed by atoms with Gasteiger partial charge in [0.15, 0.2) is 23.5 Å². The number of nitrogen functional groups attached to an aromatic ring is 1. The van der Waals surface area contributed by atoms with Gasteiger partial charge in [0.1, 0.15) is 23.8 Å². The summed E-state index contributed by atoms with van der Waals surface area (Å²) in [6, 6.07) is 9.37. The minimum atomic E-state index is -4.69. The Balaban J connectivity index is 0.000000470. The van der Waals surface area contributed by atoms with Crippen molar-refractivity contribution in [3.8, 4) is 0 Å². The van der Waals surface area contributed by atoms with Gasteiger partial charge in [-0.2, -0.15) is 9.97 Å². The van der Waals surface area contributed by atoms with Crippen molar-refractivity contribution in [2.45, 2.75) is 64.9 Å². The van der Waals surface area contributed by atoms with Crippen LogP contribution < -0.4 is 11.1 Å². The van der Waals surface area contributed by atoms with E-state index >= 15 is 0 Å². The largest absolute Gasteiger partial charge is 0.469 e. The fourth-order valence-corrected chi connectivity index (χ4v) is 5.03. The fraction of sp³-hybridized carbons (Fsp3) is 0.560. The highest BCUT2D eigenvalue weighted by molar-refractivity contribution is 7.46. The number of fused-ring (bicyclic) bond motifs is 2. The fourth-order valence-electron chi connectivity index (χ4n) is 4.69. The molecule has 4 heterocycles. The van der Waals surface area contributed by atoms with E-state index in [1.165, 1.54) is 26.0 Å². The van der Waals surface area contributed by atoms with E-state index in [4.69, 9.17) is 29.7 Å². The Morgan fingerprint density at radius 3 is 2.35 bits per heavy atom. The second-order valence-corrected chi connectivity index (χ2v) is 11.0. The van der Waals surface area contributed by atoms with Crippen LogP contribution in [0.5, 0.6) is 0 Å². The lowest BCUT2D eigenvalue weighted by Gasteiger charge is -2.24. The van der Waals surface area contributed by atoms with Crippen molar-refractivity contribution in [2.24, 2.45) is 0 Å². The van der Waals surface area contributed by atoms with Crippen LogP contribution in [0.1, 0.15) is 40.8 Å². The van der Waals surface area contributed by atoms with Crippen LogP contribution in [0.3, 0.4) is 0 Å². The van der Waals surface area contributed by atoms with Gasteiger partial charge in [0.2, 0.25) is 5.95 Å². The molecule has 2 saturated heterocycles. The third-order valence-corrected chi connectivity index (χ3v) is 7.11. The molecule has 0 bridgehead atoms. The Morgan fingerprint density at radius 2 is 1.75 bits per heavy atom. The summed E-state index contributed by atoms with van der Waals surface area (Å²) in [7, 11) is -4.69. The monoisotopic (exact) mass is 579 g/mol. The number of ether oxygens (including phenoxy) is 3. The Bertz CT molecular complexity index is 1310. The van der Waals surface area contributed by atoms with Crippen LogP contribution in [0.2, 0.25) is 0 Å². The van der Waals surface area contributed by atoms with Gasteiger partial charge in [-0.15, -0.1) is 0 Å². The number of aromatic nitrogens is 4. The lowest BCUT2D eigenvalue weighted by molar-refractivity contribution is -0.199. The van der Waals surface area contributed by atoms with Gasteiger partial charge in [0, 0.05) is 5.69 Å². The van der Waals surface area contributed by atoms with Gasteiger partial charge in [-0.3, -0.25) is 9.09 Å². The average molecular weight is 580 g/mol. The van der Waals surface area contributed by atoms with Crippen LogP contribution in [-0.4, -0.2) is 84.5 Å². The van der Waals surface area contributed by atoms with Crippen LogP contribution in [0.4, 0.5) is 17.5 Å². The van der Waals surface area contributed by atoms with Crippen LogP contribution in [0.15, 0.2) is 36.7 Å². The van der Waals surface area contributed by atoms with Crippen molar-refractivity contribution in [3.05, 3.63) is 36.7 Å². The number of hydrogen-bond acceptors (Lipinski definition) is 11. The topological polar surface area (TPSA) is 179 Å². The first-order valence-electron chi connectivity index (χ1n) is 13.2. The van der Waals surface area contributed by atoms with E-state index in [0.29, 0.717) is 11.2 Å². The van der Waals surface area contributed by atoms with E-state index in [2.05, 4.69) is 50.5 Å². The highest BCUT2D eigenvalue weighted by Gasteiger charge is 2.56. The first kappa shape index (κ1) is 30.3. The molecule has 0 unspecified atom stereocenters. The Morgan fingerprint density at radius 1 is 1.10 bits per heavy atom. The molecular formula is C25H38N7O7P. The van der Waals surface area contributed by atoms with Crippen molar-refractivity contribution in [1.29, 1.82) is 0 Å². The molecule has 5 N–H and O–H groups in total. The van der Waals surface area contributed by atoms with Gasteiger partial charge in [-0.05, 0) is 45.6 Å². The SMILES string of the molecule is CC1(C)O[C@@H]2[C@H](O1)[C@@H](COP(=O)(O)O)O[C@H]2n1cnc2c(N)nc(Nc3ccccc3)nc21.CCN(CC)CC. The molecule has 0 amide bonds. The molecule has 0 saturated carbocycles. The molecule has 5 rings (SSSR count). The molecule has 2 aliphatic heterocycles. The maximum absolute atomic E-state index is 11.2. The maximum atomic E-state index is 11.2. The number of para-hydroxylation sites is 1. The number of nitrogens with one attached hydrogen (secondary N) is 1. The number of phosphoric acid groups is 1. The zero-order valence-electron chi connectivity index (χ0n) is 23.3. The summed E-state index contributed by atoms with van der Waals surface area (Å²) < 4.78 is 35.5. The van der Waals surface area contributed by atoms with Crippen LogP contribution in [0.25, 0.3) is 11.2 Å². The van der Waals surface area contributed by atoms with Gasteiger partial charge in [0.05, 0.1) is 12.9 Å². The molecule has 3 aromatic rings. The van der Waals surface area contributed by atoms with Crippen molar-refractivity contribution in [3.63, 3.8) is 0 Å². The predicted octanol–water partition coefficient (Wildman–Crippen LogP) is 3.03. The molecule has 2 aromatic heterocycles. The summed E-state index contributed by atoms with van der Waals surface area (Å²) in [5.74, 6) is -0.479. The molecule has 2 aliphatic rings. The quantitative estimate of drug-likeness (QED) is 0.272. The predicted molar refractivity (Wildman–Crippen MR) is 149 cm³/mol. The van der Waals surface area contributed by atoms with Gasteiger partial charge in [-0.25, -0.2) is 9.55 Å². The summed E-state index contributed by atoms with van der Waals surface area (Å²) in [5.41, 5.74) is 7.68. The standard InChI is InChI=1S/C19H23N6O7P.C6H15N/c1-19(2)31-13-11(8-29-33(26,27)28)30-17(14(13)32-19)25-9-21-12-15(20)23-18(24-16(12)25)22-10-6-4-3-5-7-10;1-4-7(5-2)6-3/h3-7,9,11,13-14,17H,8H2,1-2H3,(H2,26,27,28)(H3,20,22,23,24);4-6H2,1-3H3/t11-,13-,14-,17-;/m1./s1. The van der Waals surface area contributed by atoms with E-state index in [-0.39, 0.29) is 18.4 Å². The summed E-state index contributed by atoms with van der Waals surface area (Å²) in [5, 5.41) is 3.10. The molecule has 0 radical (unpaired) electrons. The second-order valence-electron chi connectivity index (χ2n) is 9.78. The summed E-state index contributed by atoms with van der Waals surface area (Å²) >= 11 is 0. The molecular weight excluding hydrogens is 541 g/mol. The molecule has 0 aliphatic carbocycles. The minimum Gasteiger partial charge on any atom is -0.382 e. The van der Waals surface area contributed by atoms with Gasteiger partial charge in [-0.1, -0.05) is 39.0 Å². The van der Waals surface area contributed by atoms with E-state index in [1.807, 2.05) is 30.3 Å². The maximum Gasteiger partial charge on any atom is 0.469 e. The van der Waals surface area contributed by atoms with E-state index in [1.54, 1.807) is 18.4 Å². The molecule has 1 aromatic carbocycles. The van der Waals surface area contributed by atoms with Crippen LogP contribution in [-0.2, 0) is 23.3 Å². The van der Waals surface area contributed by atoms with Crippen molar-refractivity contribution in [1.82, 2.24) is 24.4 Å². The van der Waals surface area contributed by atoms with Gasteiger partial charge >= 0.3 is 7.82 Å². The number of anilines is 3. The number of nitrogens with zero attached hydrogens (tertiary/aromatic N) is 5. The number of benzene rings is 1. The van der Waals surface area contributed by atoms with Gasteiger partial charge in [0.25, 0.3) is 0 Å². The van der Waals surface area contributed by atoms with E-state index < -0.39 is 38.1 Å². The molecule has 0 spiro atoms. The number of hydrogen-bond donors (Lipinski definition) is 4.